The second kappa shape index (κ2) is 5.56. The molecule has 1 aliphatic heterocycles. The number of carbonyl (C=O) groups is 2. The molecule has 24 heavy (non-hydrogen) atoms. The third-order valence-electron chi connectivity index (χ3n) is 4.92. The van der Waals surface area contributed by atoms with Crippen molar-refractivity contribution in [1.82, 2.24) is 4.57 Å². The lowest BCUT2D eigenvalue weighted by Crippen LogP contribution is -2.41. The lowest BCUT2D eigenvalue weighted by atomic mass is 9.78. The van der Waals surface area contributed by atoms with Gasteiger partial charge in [0.1, 0.15) is 5.71 Å². The Bertz CT molecular complexity index is 881. The van der Waals surface area contributed by atoms with Gasteiger partial charge in [-0.3, -0.25) is 4.79 Å². The number of ether oxygens (including phenoxy) is 1. The van der Waals surface area contributed by atoms with Crippen LogP contribution in [0.15, 0.2) is 29.4 Å². The van der Waals surface area contributed by atoms with Gasteiger partial charge >= 0.3 is 5.97 Å². The summed E-state index contributed by atoms with van der Waals surface area (Å²) in [4.78, 5) is 28.2. The Morgan fingerprint density at radius 1 is 1.38 bits per heavy atom. The first-order chi connectivity index (χ1) is 11.6. The molecule has 2 aromatic rings. The Balaban J connectivity index is 1.75. The van der Waals surface area contributed by atoms with Crippen LogP contribution in [0, 0.1) is 5.92 Å². The molecule has 1 aromatic carbocycles. The van der Waals surface area contributed by atoms with E-state index >= 15 is 0 Å². The zero-order chi connectivity index (χ0) is 16.8. The van der Waals surface area contributed by atoms with E-state index in [-0.39, 0.29) is 30.1 Å². The Hall–Kier alpha value is -2.47. The van der Waals surface area contributed by atoms with Gasteiger partial charge in [-0.05, 0) is 18.9 Å². The van der Waals surface area contributed by atoms with Gasteiger partial charge in [-0.15, -0.1) is 0 Å². The topological polar surface area (TPSA) is 69.9 Å². The van der Waals surface area contributed by atoms with E-state index in [0.29, 0.717) is 6.42 Å². The quantitative estimate of drug-likeness (QED) is 0.595. The van der Waals surface area contributed by atoms with E-state index in [1.807, 2.05) is 12.1 Å². The third kappa shape index (κ3) is 2.17. The Kier molecular flexibility index (Phi) is 3.49. The lowest BCUT2D eigenvalue weighted by molar-refractivity contribution is -0.141. The van der Waals surface area contributed by atoms with Crippen LogP contribution >= 0.6 is 0 Å². The number of aryl methyl sites for hydroxylation is 1. The number of hydrogen-bond donors (Lipinski definition) is 0. The molecule has 0 amide bonds. The summed E-state index contributed by atoms with van der Waals surface area (Å²) in [6.45, 7) is 1.32. The van der Waals surface area contributed by atoms with E-state index < -0.39 is 5.97 Å². The molecule has 6 nitrogen and oxygen atoms in total. The first-order valence-electron chi connectivity index (χ1n) is 8.04. The standard InChI is InChI=1S/C18H18N2O4/c1-10(21)24-19-13-9-23-18-12(17(13)22)7-8-15-16(18)11-5-3-4-6-14(11)20(15)2/h3-6,12,18H,7-9H2,1-2H3/b19-13+. The highest BCUT2D eigenvalue weighted by Crippen LogP contribution is 2.44. The smallest absolute Gasteiger partial charge is 0.331 e. The highest BCUT2D eigenvalue weighted by Gasteiger charge is 2.43. The summed E-state index contributed by atoms with van der Waals surface area (Å²) in [6.07, 6.45) is 1.26. The van der Waals surface area contributed by atoms with E-state index in [0.717, 1.165) is 22.9 Å². The molecule has 124 valence electrons. The van der Waals surface area contributed by atoms with Gasteiger partial charge in [0.15, 0.2) is 5.78 Å². The van der Waals surface area contributed by atoms with Crippen LogP contribution in [-0.2, 0) is 32.6 Å². The molecule has 4 rings (SSSR count). The van der Waals surface area contributed by atoms with Crippen LogP contribution in [0.4, 0.5) is 0 Å². The second-order valence-electron chi connectivity index (χ2n) is 6.30. The summed E-state index contributed by atoms with van der Waals surface area (Å²) in [5, 5.41) is 4.80. The highest BCUT2D eigenvalue weighted by atomic mass is 16.7. The Morgan fingerprint density at radius 3 is 2.96 bits per heavy atom. The summed E-state index contributed by atoms with van der Waals surface area (Å²) in [5.41, 5.74) is 3.68. The Morgan fingerprint density at radius 2 is 2.17 bits per heavy atom. The number of Topliss-reactive ketones (excluding diaryl/α,β-unsaturated/α-hetero) is 1. The van der Waals surface area contributed by atoms with Gasteiger partial charge in [0, 0.05) is 36.1 Å². The number of carbonyl (C=O) groups excluding carboxylic acids is 2. The van der Waals surface area contributed by atoms with Crippen molar-refractivity contribution in [1.29, 1.82) is 0 Å². The molecule has 1 aromatic heterocycles. The van der Waals surface area contributed by atoms with E-state index in [9.17, 15) is 9.59 Å². The SMILES string of the molecule is CC(=O)O/N=C1\COC2c3c(n(C)c4ccccc34)CCC2C1=O. The van der Waals surface area contributed by atoms with E-state index in [2.05, 4.69) is 33.7 Å². The van der Waals surface area contributed by atoms with Gasteiger partial charge in [0.25, 0.3) is 0 Å². The number of rotatable bonds is 1. The van der Waals surface area contributed by atoms with Crippen LogP contribution in [0.3, 0.4) is 0 Å². The number of ketones is 1. The molecule has 1 fully saturated rings. The fourth-order valence-corrected chi connectivity index (χ4v) is 3.85. The van der Waals surface area contributed by atoms with Gasteiger partial charge in [-0.25, -0.2) is 4.79 Å². The minimum atomic E-state index is -0.544. The molecule has 2 heterocycles. The number of hydrogen-bond acceptors (Lipinski definition) is 5. The summed E-state index contributed by atoms with van der Waals surface area (Å²) in [7, 11) is 2.06. The minimum absolute atomic E-state index is 0.0654. The Labute approximate surface area is 139 Å². The largest absolute Gasteiger partial charge is 0.366 e. The summed E-state index contributed by atoms with van der Waals surface area (Å²) in [6, 6.07) is 8.18. The molecular weight excluding hydrogens is 308 g/mol. The summed E-state index contributed by atoms with van der Waals surface area (Å²) >= 11 is 0. The second-order valence-corrected chi connectivity index (χ2v) is 6.30. The molecule has 0 spiro atoms. The maximum absolute atomic E-state index is 12.7. The molecule has 1 saturated heterocycles. The number of oxime groups is 1. The van der Waals surface area contributed by atoms with Crippen molar-refractivity contribution in [2.45, 2.75) is 25.9 Å². The van der Waals surface area contributed by atoms with Crippen LogP contribution in [-0.4, -0.2) is 28.6 Å². The number of benzene rings is 1. The van der Waals surface area contributed by atoms with Crippen molar-refractivity contribution in [3.8, 4) is 0 Å². The first kappa shape index (κ1) is 15.1. The summed E-state index contributed by atoms with van der Waals surface area (Å²) in [5.74, 6) is -0.894. The molecular formula is C18H18N2O4. The molecule has 2 aliphatic rings. The number of para-hydroxylation sites is 1. The van der Waals surface area contributed by atoms with Crippen molar-refractivity contribution >= 4 is 28.4 Å². The zero-order valence-corrected chi connectivity index (χ0v) is 13.6. The van der Waals surface area contributed by atoms with Crippen molar-refractivity contribution in [2.24, 2.45) is 18.1 Å². The first-order valence-corrected chi connectivity index (χ1v) is 8.04. The third-order valence-corrected chi connectivity index (χ3v) is 4.92. The number of aromatic nitrogens is 1. The van der Waals surface area contributed by atoms with Crippen LogP contribution in [0.25, 0.3) is 10.9 Å². The molecule has 1 aliphatic carbocycles. The van der Waals surface area contributed by atoms with Crippen molar-refractivity contribution < 1.29 is 19.2 Å². The van der Waals surface area contributed by atoms with Crippen molar-refractivity contribution in [2.75, 3.05) is 6.61 Å². The molecule has 6 heteroatoms. The molecule has 0 N–H and O–H groups in total. The van der Waals surface area contributed by atoms with Gasteiger partial charge in [-0.2, -0.15) is 0 Å². The fourth-order valence-electron chi connectivity index (χ4n) is 3.85. The van der Waals surface area contributed by atoms with Crippen molar-refractivity contribution in [3.05, 3.63) is 35.5 Å². The average molecular weight is 326 g/mol. The predicted molar refractivity (Wildman–Crippen MR) is 87.6 cm³/mol. The van der Waals surface area contributed by atoms with E-state index in [1.54, 1.807) is 0 Å². The van der Waals surface area contributed by atoms with Gasteiger partial charge in [0.05, 0.1) is 18.6 Å². The number of fused-ring (bicyclic) bond motifs is 5. The maximum atomic E-state index is 12.7. The lowest BCUT2D eigenvalue weighted by Gasteiger charge is -2.35. The molecule has 0 saturated carbocycles. The van der Waals surface area contributed by atoms with Crippen LogP contribution < -0.4 is 0 Å². The van der Waals surface area contributed by atoms with Gasteiger partial charge in [-0.1, -0.05) is 23.4 Å². The summed E-state index contributed by atoms with van der Waals surface area (Å²) < 4.78 is 8.18. The monoisotopic (exact) mass is 326 g/mol. The number of nitrogens with zero attached hydrogens (tertiary/aromatic N) is 2. The highest BCUT2D eigenvalue weighted by molar-refractivity contribution is 6.41. The average Bonchev–Trinajstić information content (AvgIpc) is 2.88. The molecule has 2 unspecified atom stereocenters. The van der Waals surface area contributed by atoms with Crippen LogP contribution in [0.1, 0.15) is 30.7 Å². The van der Waals surface area contributed by atoms with Gasteiger partial charge in [0.2, 0.25) is 0 Å². The molecule has 2 atom stereocenters. The van der Waals surface area contributed by atoms with Crippen LogP contribution in [0.2, 0.25) is 0 Å². The molecule has 0 bridgehead atoms. The van der Waals surface area contributed by atoms with E-state index in [1.165, 1.54) is 12.6 Å². The van der Waals surface area contributed by atoms with E-state index in [4.69, 9.17) is 4.74 Å². The minimum Gasteiger partial charge on any atom is -0.366 e. The molecule has 0 radical (unpaired) electrons. The van der Waals surface area contributed by atoms with Gasteiger partial charge < -0.3 is 14.1 Å². The zero-order valence-electron chi connectivity index (χ0n) is 13.6. The normalized spacial score (nSPS) is 24.8. The van der Waals surface area contributed by atoms with Crippen molar-refractivity contribution in [3.63, 3.8) is 0 Å². The fraction of sp³-hybridized carbons (Fsp3) is 0.389. The predicted octanol–water partition coefficient (Wildman–Crippen LogP) is 2.30. The maximum Gasteiger partial charge on any atom is 0.331 e. The van der Waals surface area contributed by atoms with Crippen LogP contribution in [0.5, 0.6) is 0 Å².